The van der Waals surface area contributed by atoms with E-state index >= 15 is 0 Å². The van der Waals surface area contributed by atoms with Gasteiger partial charge in [0.15, 0.2) is 5.17 Å². The third-order valence-electron chi connectivity index (χ3n) is 3.23. The van der Waals surface area contributed by atoms with Crippen LogP contribution in [-0.2, 0) is 9.59 Å². The van der Waals surface area contributed by atoms with Crippen LogP contribution in [-0.4, -0.2) is 38.6 Å². The van der Waals surface area contributed by atoms with E-state index in [0.717, 1.165) is 28.1 Å². The number of aromatic nitrogens is 1. The molecular formula is C15H11ClN4O3S. The Kier molecular flexibility index (Phi) is 4.77. The molecule has 24 heavy (non-hydrogen) atoms. The number of amidine groups is 1. The van der Waals surface area contributed by atoms with Crippen LogP contribution in [0.1, 0.15) is 12.0 Å². The summed E-state index contributed by atoms with van der Waals surface area (Å²) in [6, 6.07) is 7.40. The van der Waals surface area contributed by atoms with Crippen molar-refractivity contribution in [3.8, 4) is 0 Å². The maximum Gasteiger partial charge on any atom is 0.305 e. The predicted molar refractivity (Wildman–Crippen MR) is 93.6 cm³/mol. The zero-order chi connectivity index (χ0) is 17.1. The normalized spacial score (nSPS) is 19.3. The van der Waals surface area contributed by atoms with Crippen molar-refractivity contribution in [1.82, 2.24) is 10.3 Å². The van der Waals surface area contributed by atoms with Crippen LogP contribution in [0.5, 0.6) is 0 Å². The molecule has 1 unspecified atom stereocenters. The number of carbonyl (C=O) groups excluding carboxylic acids is 1. The van der Waals surface area contributed by atoms with E-state index in [2.05, 4.69) is 20.5 Å². The van der Waals surface area contributed by atoms with E-state index in [0.29, 0.717) is 5.15 Å². The first-order valence-electron chi connectivity index (χ1n) is 6.87. The monoisotopic (exact) mass is 362 g/mol. The van der Waals surface area contributed by atoms with Gasteiger partial charge in [0, 0.05) is 11.6 Å². The zero-order valence-electron chi connectivity index (χ0n) is 12.1. The van der Waals surface area contributed by atoms with Crippen molar-refractivity contribution in [2.24, 2.45) is 10.2 Å². The van der Waals surface area contributed by atoms with Gasteiger partial charge in [-0.3, -0.25) is 9.59 Å². The van der Waals surface area contributed by atoms with E-state index < -0.39 is 11.2 Å². The third-order valence-corrected chi connectivity index (χ3v) is 4.61. The molecule has 7 nitrogen and oxygen atoms in total. The Hall–Kier alpha value is -2.45. The number of fused-ring (bicyclic) bond motifs is 1. The summed E-state index contributed by atoms with van der Waals surface area (Å²) < 4.78 is 0. The second kappa shape index (κ2) is 6.98. The number of benzene rings is 1. The number of thioether (sulfide) groups is 1. The molecule has 0 bridgehead atoms. The van der Waals surface area contributed by atoms with Gasteiger partial charge >= 0.3 is 5.97 Å². The van der Waals surface area contributed by atoms with Crippen LogP contribution in [0, 0.1) is 0 Å². The summed E-state index contributed by atoms with van der Waals surface area (Å²) in [5.41, 5.74) is 0.811. The Morgan fingerprint density at radius 2 is 2.29 bits per heavy atom. The van der Waals surface area contributed by atoms with E-state index in [4.69, 9.17) is 16.7 Å². The quantitative estimate of drug-likeness (QED) is 0.493. The molecule has 1 fully saturated rings. The summed E-state index contributed by atoms with van der Waals surface area (Å²) in [6.07, 6.45) is 2.91. The Morgan fingerprint density at radius 3 is 3.08 bits per heavy atom. The van der Waals surface area contributed by atoms with Crippen molar-refractivity contribution in [2.75, 3.05) is 0 Å². The number of nitrogens with one attached hydrogen (secondary N) is 1. The summed E-state index contributed by atoms with van der Waals surface area (Å²) in [5.74, 6) is -1.40. The summed E-state index contributed by atoms with van der Waals surface area (Å²) in [4.78, 5) is 26.3. The molecule has 1 aromatic carbocycles. The Balaban J connectivity index is 1.72. The van der Waals surface area contributed by atoms with Gasteiger partial charge in [0.25, 0.3) is 0 Å². The molecule has 2 heterocycles. The van der Waals surface area contributed by atoms with Gasteiger partial charge in [0.1, 0.15) is 10.4 Å². The van der Waals surface area contributed by atoms with Crippen molar-refractivity contribution in [3.05, 3.63) is 41.2 Å². The highest BCUT2D eigenvalue weighted by Crippen LogP contribution is 2.23. The summed E-state index contributed by atoms with van der Waals surface area (Å²) in [5, 5.41) is 20.9. The van der Waals surface area contributed by atoms with Crippen LogP contribution < -0.4 is 5.32 Å². The number of hydrogen-bond donors (Lipinski definition) is 2. The number of pyridine rings is 1. The fourth-order valence-electron chi connectivity index (χ4n) is 2.13. The molecule has 1 aliphatic rings. The molecule has 1 atom stereocenters. The number of amides is 1. The van der Waals surface area contributed by atoms with Crippen LogP contribution in [0.2, 0.25) is 5.15 Å². The van der Waals surface area contributed by atoms with Gasteiger partial charge in [-0.2, -0.15) is 5.10 Å². The van der Waals surface area contributed by atoms with Crippen LogP contribution in [0.3, 0.4) is 0 Å². The highest BCUT2D eigenvalue weighted by Gasteiger charge is 2.32. The smallest absolute Gasteiger partial charge is 0.305 e. The third kappa shape index (κ3) is 3.72. The fourth-order valence-corrected chi connectivity index (χ4v) is 3.28. The number of rotatable bonds is 4. The minimum atomic E-state index is -1.03. The zero-order valence-corrected chi connectivity index (χ0v) is 13.7. The van der Waals surface area contributed by atoms with Gasteiger partial charge in [-0.25, -0.2) is 4.98 Å². The van der Waals surface area contributed by atoms with Gasteiger partial charge in [-0.15, -0.1) is 5.10 Å². The van der Waals surface area contributed by atoms with Crippen LogP contribution in [0.25, 0.3) is 10.8 Å². The van der Waals surface area contributed by atoms with E-state index in [-0.39, 0.29) is 17.5 Å². The molecule has 0 saturated carbocycles. The van der Waals surface area contributed by atoms with Crippen molar-refractivity contribution in [1.29, 1.82) is 0 Å². The lowest BCUT2D eigenvalue weighted by Crippen LogP contribution is -2.26. The minimum Gasteiger partial charge on any atom is -0.481 e. The lowest BCUT2D eigenvalue weighted by Gasteiger charge is -2.00. The second-order valence-corrected chi connectivity index (χ2v) is 6.48. The van der Waals surface area contributed by atoms with Gasteiger partial charge < -0.3 is 10.4 Å². The van der Waals surface area contributed by atoms with E-state index in [1.807, 2.05) is 24.3 Å². The molecule has 9 heteroatoms. The molecule has 2 N–H and O–H groups in total. The van der Waals surface area contributed by atoms with Gasteiger partial charge in [0.05, 0.1) is 12.6 Å². The summed E-state index contributed by atoms with van der Waals surface area (Å²) in [7, 11) is 0. The Morgan fingerprint density at radius 1 is 1.46 bits per heavy atom. The molecule has 122 valence electrons. The highest BCUT2D eigenvalue weighted by molar-refractivity contribution is 8.15. The molecule has 1 saturated heterocycles. The molecule has 1 amide bonds. The van der Waals surface area contributed by atoms with Gasteiger partial charge in [-0.1, -0.05) is 35.5 Å². The predicted octanol–water partition coefficient (Wildman–Crippen LogP) is 2.28. The Bertz CT molecular complexity index is 884. The number of carboxylic acids is 1. The van der Waals surface area contributed by atoms with E-state index in [9.17, 15) is 9.59 Å². The minimum absolute atomic E-state index is 0.251. The number of halogens is 1. The lowest BCUT2D eigenvalue weighted by molar-refractivity contribution is -0.138. The topological polar surface area (TPSA) is 104 Å². The van der Waals surface area contributed by atoms with Crippen LogP contribution in [0.4, 0.5) is 0 Å². The lowest BCUT2D eigenvalue weighted by atomic mass is 10.1. The number of hydrogen-bond acceptors (Lipinski definition) is 6. The average Bonchev–Trinajstić information content (AvgIpc) is 2.87. The largest absolute Gasteiger partial charge is 0.481 e. The average molecular weight is 363 g/mol. The number of aliphatic carboxylic acids is 1. The van der Waals surface area contributed by atoms with E-state index in [1.165, 1.54) is 6.21 Å². The molecule has 0 radical (unpaired) electrons. The van der Waals surface area contributed by atoms with Gasteiger partial charge in [-0.05, 0) is 23.1 Å². The van der Waals surface area contributed by atoms with Crippen molar-refractivity contribution >= 4 is 57.4 Å². The van der Waals surface area contributed by atoms with Crippen molar-refractivity contribution in [3.63, 3.8) is 0 Å². The van der Waals surface area contributed by atoms with E-state index in [1.54, 1.807) is 6.20 Å². The first-order valence-corrected chi connectivity index (χ1v) is 8.13. The molecule has 0 spiro atoms. The second-order valence-electron chi connectivity index (χ2n) is 4.93. The molecule has 1 aromatic heterocycles. The van der Waals surface area contributed by atoms with Gasteiger partial charge in [0.2, 0.25) is 5.91 Å². The fraction of sp³-hybridized carbons (Fsp3) is 0.133. The number of carbonyl (C=O) groups is 2. The summed E-state index contributed by atoms with van der Waals surface area (Å²) >= 11 is 7.07. The standard InChI is InChI=1S/C15H11ClN4O3S/c16-13-10-2-1-8(5-9(10)3-4-17-13)7-18-20-15-19-14(23)11(24-15)6-12(21)22/h1-5,7,11H,6H2,(H,21,22)(H,19,20,23). The van der Waals surface area contributed by atoms with Crippen LogP contribution in [0.15, 0.2) is 40.7 Å². The van der Waals surface area contributed by atoms with Crippen LogP contribution >= 0.6 is 23.4 Å². The molecule has 2 aromatic rings. The Labute approximate surface area is 145 Å². The molecular weight excluding hydrogens is 352 g/mol. The van der Waals surface area contributed by atoms with Crippen molar-refractivity contribution < 1.29 is 14.7 Å². The van der Waals surface area contributed by atoms with Crippen molar-refractivity contribution in [2.45, 2.75) is 11.7 Å². The summed E-state index contributed by atoms with van der Waals surface area (Å²) in [6.45, 7) is 0. The maximum atomic E-state index is 11.6. The maximum absolute atomic E-state index is 11.6. The SMILES string of the molecule is O=C(O)CC1SC(=NN=Cc2ccc3c(Cl)nccc3c2)NC1=O. The highest BCUT2D eigenvalue weighted by atomic mass is 35.5. The molecule has 1 aliphatic heterocycles. The first kappa shape index (κ1) is 16.4. The molecule has 3 rings (SSSR count). The number of nitrogens with zero attached hydrogens (tertiary/aromatic N) is 3. The number of carboxylic acid groups (broad SMARTS) is 1. The molecule has 0 aliphatic carbocycles. The first-order chi connectivity index (χ1) is 11.5.